The third-order valence-electron chi connectivity index (χ3n) is 5.34. The third-order valence-corrected chi connectivity index (χ3v) is 5.34. The van der Waals surface area contributed by atoms with Crippen molar-refractivity contribution < 1.29 is 28.2 Å². The van der Waals surface area contributed by atoms with Crippen LogP contribution in [0.2, 0.25) is 0 Å². The molecular formula is C22H27FN4O5. The van der Waals surface area contributed by atoms with Gasteiger partial charge in [0.15, 0.2) is 5.69 Å². The van der Waals surface area contributed by atoms with Gasteiger partial charge in [-0.3, -0.25) is 19.2 Å². The van der Waals surface area contributed by atoms with Crippen molar-refractivity contribution in [1.29, 1.82) is 0 Å². The molecule has 172 valence electrons. The highest BCUT2D eigenvalue weighted by Crippen LogP contribution is 2.35. The van der Waals surface area contributed by atoms with Gasteiger partial charge in [-0.1, -0.05) is 0 Å². The van der Waals surface area contributed by atoms with Gasteiger partial charge in [-0.2, -0.15) is 5.10 Å². The number of nitrogens with zero attached hydrogens (tertiary/aromatic N) is 3. The van der Waals surface area contributed by atoms with Gasteiger partial charge in [-0.15, -0.1) is 0 Å². The number of amides is 2. The van der Waals surface area contributed by atoms with Crippen LogP contribution in [0.4, 0.5) is 10.1 Å². The minimum atomic E-state index is -1.38. The Morgan fingerprint density at radius 1 is 1.31 bits per heavy atom. The average molecular weight is 446 g/mol. The summed E-state index contributed by atoms with van der Waals surface area (Å²) in [5.41, 5.74) is -0.360. The van der Waals surface area contributed by atoms with Crippen molar-refractivity contribution in [3.8, 4) is 0 Å². The fourth-order valence-electron chi connectivity index (χ4n) is 3.74. The Kier molecular flexibility index (Phi) is 6.93. The first-order chi connectivity index (χ1) is 15.2. The van der Waals surface area contributed by atoms with Gasteiger partial charge < -0.3 is 14.8 Å². The van der Waals surface area contributed by atoms with E-state index in [2.05, 4.69) is 10.4 Å². The first-order valence-corrected chi connectivity index (χ1v) is 10.4. The van der Waals surface area contributed by atoms with Crippen molar-refractivity contribution in [2.45, 2.75) is 39.3 Å². The molecule has 0 aliphatic carbocycles. The molecule has 0 unspecified atom stereocenters. The first-order valence-electron chi connectivity index (χ1n) is 10.4. The number of carbonyl (C=O) groups excluding carboxylic acids is 3. The van der Waals surface area contributed by atoms with Crippen LogP contribution in [0.5, 0.6) is 0 Å². The predicted molar refractivity (Wildman–Crippen MR) is 114 cm³/mol. The van der Waals surface area contributed by atoms with Crippen molar-refractivity contribution in [3.05, 3.63) is 47.0 Å². The van der Waals surface area contributed by atoms with Crippen LogP contribution < -0.4 is 10.2 Å². The van der Waals surface area contributed by atoms with Gasteiger partial charge in [0.05, 0.1) is 13.2 Å². The number of aromatic nitrogens is 2. The smallest absolute Gasteiger partial charge is 0.358 e. The molecule has 0 saturated heterocycles. The van der Waals surface area contributed by atoms with Crippen molar-refractivity contribution in [1.82, 2.24) is 15.1 Å². The van der Waals surface area contributed by atoms with E-state index in [-0.39, 0.29) is 24.5 Å². The lowest BCUT2D eigenvalue weighted by Crippen LogP contribution is -2.64. The molecule has 9 nitrogen and oxygen atoms in total. The molecule has 1 aliphatic rings. The lowest BCUT2D eigenvalue weighted by Gasteiger charge is -2.43. The molecule has 0 saturated carbocycles. The second kappa shape index (κ2) is 9.47. The van der Waals surface area contributed by atoms with E-state index in [1.807, 2.05) is 0 Å². The van der Waals surface area contributed by atoms with E-state index >= 15 is 0 Å². The summed E-state index contributed by atoms with van der Waals surface area (Å²) in [4.78, 5) is 40.4. The van der Waals surface area contributed by atoms with Crippen LogP contribution in [0, 0.1) is 12.7 Å². The lowest BCUT2D eigenvalue weighted by atomic mass is 9.93. The Bertz CT molecular complexity index is 1040. The fourth-order valence-corrected chi connectivity index (χ4v) is 3.74. The van der Waals surface area contributed by atoms with E-state index < -0.39 is 29.1 Å². The molecule has 3 rings (SSSR count). The average Bonchev–Trinajstić information content (AvgIpc) is 3.17. The zero-order valence-electron chi connectivity index (χ0n) is 18.6. The van der Waals surface area contributed by atoms with Crippen LogP contribution in [-0.4, -0.2) is 60.0 Å². The van der Waals surface area contributed by atoms with Gasteiger partial charge in [0.2, 0.25) is 5.91 Å². The molecule has 2 heterocycles. The Morgan fingerprint density at radius 3 is 2.72 bits per heavy atom. The van der Waals surface area contributed by atoms with Gasteiger partial charge in [-0.25, -0.2) is 9.18 Å². The Morgan fingerprint density at radius 2 is 2.06 bits per heavy atom. The normalized spacial score (nSPS) is 17.8. The molecule has 1 aliphatic heterocycles. The van der Waals surface area contributed by atoms with E-state index in [1.54, 1.807) is 27.9 Å². The number of halogens is 1. The zero-order valence-corrected chi connectivity index (χ0v) is 18.6. The predicted octanol–water partition coefficient (Wildman–Crippen LogP) is 2.08. The summed E-state index contributed by atoms with van der Waals surface area (Å²) in [7, 11) is 1.57. The van der Waals surface area contributed by atoms with E-state index in [0.29, 0.717) is 30.8 Å². The topological polar surface area (TPSA) is 103 Å². The van der Waals surface area contributed by atoms with Gasteiger partial charge in [-0.05, 0) is 51.0 Å². The molecule has 32 heavy (non-hydrogen) atoms. The van der Waals surface area contributed by atoms with Crippen molar-refractivity contribution in [2.24, 2.45) is 0 Å². The quantitative estimate of drug-likeness (QED) is 0.492. The molecule has 0 fully saturated rings. The molecule has 2 aromatic rings. The zero-order chi connectivity index (χ0) is 23.5. The maximum Gasteiger partial charge on any atom is 0.358 e. The SMILES string of the molecule is CCOC(=O)c1cc2n(n1)C[C@](C)(C(=O)NCCCOC)N(c1ccc(F)cc1C)C2=O. The number of esters is 1. The number of methoxy groups -OCH3 is 1. The molecule has 0 radical (unpaired) electrons. The minimum absolute atomic E-state index is 0.000403. The number of rotatable bonds is 8. The van der Waals surface area contributed by atoms with Gasteiger partial charge in [0.25, 0.3) is 5.91 Å². The second-order valence-electron chi connectivity index (χ2n) is 7.74. The number of carbonyl (C=O) groups is 3. The summed E-state index contributed by atoms with van der Waals surface area (Å²) in [6, 6.07) is 5.36. The molecule has 1 aromatic carbocycles. The third kappa shape index (κ3) is 4.36. The van der Waals surface area contributed by atoms with Crippen LogP contribution in [0.1, 0.15) is 46.8 Å². The second-order valence-corrected chi connectivity index (χ2v) is 7.74. The first kappa shape index (κ1) is 23.4. The molecular weight excluding hydrogens is 419 g/mol. The molecule has 0 spiro atoms. The largest absolute Gasteiger partial charge is 0.461 e. The maximum atomic E-state index is 13.7. The molecule has 0 bridgehead atoms. The maximum absolute atomic E-state index is 13.7. The number of benzene rings is 1. The van der Waals surface area contributed by atoms with Gasteiger partial charge >= 0.3 is 5.97 Å². The number of nitrogens with one attached hydrogen (secondary N) is 1. The van der Waals surface area contributed by atoms with E-state index in [0.717, 1.165) is 0 Å². The van der Waals surface area contributed by atoms with E-state index in [1.165, 1.54) is 33.8 Å². The fraction of sp³-hybridized carbons (Fsp3) is 0.455. The van der Waals surface area contributed by atoms with Crippen molar-refractivity contribution in [2.75, 3.05) is 31.8 Å². The van der Waals surface area contributed by atoms with Gasteiger partial charge in [0.1, 0.15) is 17.1 Å². The number of fused-ring (bicyclic) bond motifs is 1. The molecule has 1 atom stereocenters. The van der Waals surface area contributed by atoms with Crippen LogP contribution in [0.3, 0.4) is 0 Å². The van der Waals surface area contributed by atoms with Crippen LogP contribution in [0.15, 0.2) is 24.3 Å². The number of anilines is 1. The molecule has 1 aromatic heterocycles. The van der Waals surface area contributed by atoms with Crippen LogP contribution >= 0.6 is 0 Å². The van der Waals surface area contributed by atoms with Crippen LogP contribution in [0.25, 0.3) is 0 Å². The highest BCUT2D eigenvalue weighted by molar-refractivity contribution is 6.12. The van der Waals surface area contributed by atoms with E-state index in [4.69, 9.17) is 9.47 Å². The highest BCUT2D eigenvalue weighted by Gasteiger charge is 2.49. The molecule has 10 heteroatoms. The summed E-state index contributed by atoms with van der Waals surface area (Å²) in [6.07, 6.45) is 0.599. The summed E-state index contributed by atoms with van der Waals surface area (Å²) in [5.74, 6) is -2.03. The molecule has 2 amide bonds. The Balaban J connectivity index is 2.05. The summed E-state index contributed by atoms with van der Waals surface area (Å²) >= 11 is 0. The summed E-state index contributed by atoms with van der Waals surface area (Å²) < 4.78 is 25.1. The number of ether oxygens (including phenoxy) is 2. The standard InChI is InChI=1S/C22H27FN4O5/c1-5-32-20(29)16-12-18-19(28)27(17-8-7-15(23)11-14(17)2)22(3,13-26(18)25-16)21(30)24-9-6-10-31-4/h7-8,11-12H,5-6,9-10,13H2,1-4H3,(H,24,30)/t22-/m1/s1. The minimum Gasteiger partial charge on any atom is -0.461 e. The summed E-state index contributed by atoms with van der Waals surface area (Å²) in [6.45, 7) is 5.95. The number of aryl methyl sites for hydroxylation is 1. The summed E-state index contributed by atoms with van der Waals surface area (Å²) in [5, 5.41) is 7.05. The molecule has 1 N–H and O–H groups in total. The number of hydrogen-bond acceptors (Lipinski definition) is 6. The Labute approximate surface area is 185 Å². The van der Waals surface area contributed by atoms with Crippen molar-refractivity contribution >= 4 is 23.5 Å². The van der Waals surface area contributed by atoms with E-state index in [9.17, 15) is 18.8 Å². The lowest BCUT2D eigenvalue weighted by molar-refractivity contribution is -0.126. The Hall–Kier alpha value is -3.27. The monoisotopic (exact) mass is 446 g/mol. The highest BCUT2D eigenvalue weighted by atomic mass is 19.1. The van der Waals surface area contributed by atoms with Gasteiger partial charge in [0, 0.05) is 32.0 Å². The van der Waals surface area contributed by atoms with Crippen LogP contribution in [-0.2, 0) is 20.8 Å². The van der Waals surface area contributed by atoms with Crippen molar-refractivity contribution in [3.63, 3.8) is 0 Å². The number of hydrogen-bond donors (Lipinski definition) is 1.